The van der Waals surface area contributed by atoms with Gasteiger partial charge in [-0.2, -0.15) is 0 Å². The van der Waals surface area contributed by atoms with Crippen molar-refractivity contribution >= 4 is 17.9 Å². The first-order chi connectivity index (χ1) is 9.63. The average Bonchev–Trinajstić information content (AvgIpc) is 2.42. The second kappa shape index (κ2) is 6.01. The average molecular weight is 302 g/mol. The Morgan fingerprint density at radius 1 is 1.38 bits per heavy atom. The van der Waals surface area contributed by atoms with Crippen LogP contribution in [-0.2, 0) is 33.3 Å². The zero-order valence-corrected chi connectivity index (χ0v) is 13.2. The Kier molecular flexibility index (Phi) is 4.99. The lowest BCUT2D eigenvalue weighted by atomic mass is 9.75. The molecule has 0 N–H and O–H groups in total. The monoisotopic (exact) mass is 302 g/mol. The summed E-state index contributed by atoms with van der Waals surface area (Å²) in [6.07, 6.45) is -0.567. The summed E-state index contributed by atoms with van der Waals surface area (Å²) in [5, 5.41) is 0. The summed E-state index contributed by atoms with van der Waals surface area (Å²) in [6.45, 7) is 6.01. The fraction of sp³-hybridized carbons (Fsp3) is 0.786. The molecule has 1 heterocycles. The van der Waals surface area contributed by atoms with Gasteiger partial charge in [0.05, 0.1) is 7.11 Å². The maximum Gasteiger partial charge on any atom is 0.353 e. The standard InChI is InChI=1S/C14H22O7/c1-8-7-14(9(2)18-5,12(17)19-6)21-11(16)13(8,4)20-10(3)15/h8-9H,7H2,1-6H3/t8-,9+,13+,14-/m0/s1. The van der Waals surface area contributed by atoms with E-state index in [4.69, 9.17) is 18.9 Å². The molecule has 7 heteroatoms. The Morgan fingerprint density at radius 2 is 1.95 bits per heavy atom. The van der Waals surface area contributed by atoms with Crippen molar-refractivity contribution < 1.29 is 33.3 Å². The quantitative estimate of drug-likeness (QED) is 0.561. The second-order valence-electron chi connectivity index (χ2n) is 5.45. The summed E-state index contributed by atoms with van der Waals surface area (Å²) in [5.74, 6) is -2.52. The Hall–Kier alpha value is -1.63. The van der Waals surface area contributed by atoms with Crippen molar-refractivity contribution in [3.63, 3.8) is 0 Å². The smallest absolute Gasteiger partial charge is 0.353 e. The molecule has 1 rings (SSSR count). The third-order valence-corrected chi connectivity index (χ3v) is 4.13. The van der Waals surface area contributed by atoms with E-state index in [0.717, 1.165) is 0 Å². The van der Waals surface area contributed by atoms with Crippen molar-refractivity contribution in [3.05, 3.63) is 0 Å². The van der Waals surface area contributed by atoms with Crippen molar-refractivity contribution in [1.82, 2.24) is 0 Å². The molecule has 1 fully saturated rings. The minimum Gasteiger partial charge on any atom is -0.466 e. The molecule has 0 aromatic carbocycles. The van der Waals surface area contributed by atoms with Gasteiger partial charge in [-0.1, -0.05) is 6.92 Å². The minimum atomic E-state index is -1.54. The van der Waals surface area contributed by atoms with Crippen molar-refractivity contribution in [2.45, 2.75) is 51.4 Å². The normalized spacial score (nSPS) is 33.8. The van der Waals surface area contributed by atoms with Crippen LogP contribution in [0.4, 0.5) is 0 Å². The summed E-state index contributed by atoms with van der Waals surface area (Å²) >= 11 is 0. The number of carbonyl (C=O) groups is 3. The van der Waals surface area contributed by atoms with Crippen LogP contribution in [0.1, 0.15) is 34.1 Å². The van der Waals surface area contributed by atoms with E-state index in [1.165, 1.54) is 28.1 Å². The van der Waals surface area contributed by atoms with Gasteiger partial charge in [-0.25, -0.2) is 9.59 Å². The molecular weight excluding hydrogens is 280 g/mol. The maximum absolute atomic E-state index is 12.4. The molecule has 0 radical (unpaired) electrons. The van der Waals surface area contributed by atoms with Crippen LogP contribution in [0.2, 0.25) is 0 Å². The first kappa shape index (κ1) is 17.4. The Labute approximate surface area is 123 Å². The molecule has 1 aliphatic heterocycles. The highest BCUT2D eigenvalue weighted by Gasteiger charge is 2.61. The van der Waals surface area contributed by atoms with Gasteiger partial charge in [-0.3, -0.25) is 4.79 Å². The van der Waals surface area contributed by atoms with Crippen LogP contribution in [0.5, 0.6) is 0 Å². The fourth-order valence-corrected chi connectivity index (χ4v) is 2.50. The second-order valence-corrected chi connectivity index (χ2v) is 5.45. The Balaban J connectivity index is 3.19. The van der Waals surface area contributed by atoms with Crippen molar-refractivity contribution in [2.24, 2.45) is 5.92 Å². The zero-order valence-electron chi connectivity index (χ0n) is 13.2. The summed E-state index contributed by atoms with van der Waals surface area (Å²) in [7, 11) is 2.62. The van der Waals surface area contributed by atoms with Crippen molar-refractivity contribution in [3.8, 4) is 0 Å². The molecule has 120 valence electrons. The topological polar surface area (TPSA) is 88.1 Å². The van der Waals surface area contributed by atoms with Gasteiger partial charge >= 0.3 is 17.9 Å². The lowest BCUT2D eigenvalue weighted by molar-refractivity contribution is -0.234. The molecule has 7 nitrogen and oxygen atoms in total. The third-order valence-electron chi connectivity index (χ3n) is 4.13. The van der Waals surface area contributed by atoms with Gasteiger partial charge in [0.15, 0.2) is 0 Å². The number of cyclic esters (lactones) is 1. The lowest BCUT2D eigenvalue weighted by Gasteiger charge is -2.46. The third kappa shape index (κ3) is 2.88. The van der Waals surface area contributed by atoms with E-state index in [9.17, 15) is 14.4 Å². The molecule has 1 aliphatic rings. The van der Waals surface area contributed by atoms with Crippen molar-refractivity contribution in [1.29, 1.82) is 0 Å². The summed E-state index contributed by atoms with van der Waals surface area (Å²) in [6, 6.07) is 0. The molecule has 0 saturated carbocycles. The molecule has 0 aromatic heterocycles. The molecule has 0 spiro atoms. The highest BCUT2D eigenvalue weighted by molar-refractivity contribution is 5.90. The molecule has 0 bridgehead atoms. The number of esters is 3. The maximum atomic E-state index is 12.4. The fourth-order valence-electron chi connectivity index (χ4n) is 2.50. The van der Waals surface area contributed by atoms with Gasteiger partial charge in [0.1, 0.15) is 6.10 Å². The van der Waals surface area contributed by atoms with Gasteiger partial charge in [-0.15, -0.1) is 0 Å². The van der Waals surface area contributed by atoms with Gasteiger partial charge in [0.2, 0.25) is 11.2 Å². The lowest BCUT2D eigenvalue weighted by Crippen LogP contribution is -2.64. The zero-order chi connectivity index (χ0) is 16.4. The van der Waals surface area contributed by atoms with E-state index in [1.54, 1.807) is 13.8 Å². The molecule has 4 atom stereocenters. The van der Waals surface area contributed by atoms with Crippen LogP contribution in [0.3, 0.4) is 0 Å². The molecule has 0 amide bonds. The van der Waals surface area contributed by atoms with Crippen LogP contribution in [0, 0.1) is 5.92 Å². The number of rotatable bonds is 4. The predicted molar refractivity (Wildman–Crippen MR) is 71.3 cm³/mol. The minimum absolute atomic E-state index is 0.129. The van der Waals surface area contributed by atoms with E-state index in [-0.39, 0.29) is 6.42 Å². The van der Waals surface area contributed by atoms with Crippen LogP contribution in [-0.4, -0.2) is 49.4 Å². The Bertz CT molecular complexity index is 447. The first-order valence-corrected chi connectivity index (χ1v) is 6.68. The van der Waals surface area contributed by atoms with Gasteiger partial charge in [0.25, 0.3) is 0 Å². The number of hydrogen-bond donors (Lipinski definition) is 0. The molecule has 1 saturated heterocycles. The van der Waals surface area contributed by atoms with E-state index in [0.29, 0.717) is 0 Å². The van der Waals surface area contributed by atoms with Crippen LogP contribution >= 0.6 is 0 Å². The van der Waals surface area contributed by atoms with E-state index in [1.807, 2.05) is 0 Å². The van der Waals surface area contributed by atoms with Crippen LogP contribution in [0.15, 0.2) is 0 Å². The largest absolute Gasteiger partial charge is 0.466 e. The van der Waals surface area contributed by atoms with Gasteiger partial charge < -0.3 is 18.9 Å². The van der Waals surface area contributed by atoms with Gasteiger partial charge in [-0.05, 0) is 13.8 Å². The first-order valence-electron chi connectivity index (χ1n) is 6.68. The molecular formula is C14H22O7. The van der Waals surface area contributed by atoms with E-state index >= 15 is 0 Å². The highest BCUT2D eigenvalue weighted by atomic mass is 16.6. The summed E-state index contributed by atoms with van der Waals surface area (Å²) in [4.78, 5) is 35.7. The number of methoxy groups -OCH3 is 2. The number of carbonyl (C=O) groups excluding carboxylic acids is 3. The Morgan fingerprint density at radius 3 is 2.33 bits per heavy atom. The van der Waals surface area contributed by atoms with E-state index in [2.05, 4.69) is 0 Å². The SMILES string of the molecule is COC(=O)[C@@]1([C@@H](C)OC)C[C@H](C)[C@@](C)(OC(C)=O)C(=O)O1. The molecule has 21 heavy (non-hydrogen) atoms. The highest BCUT2D eigenvalue weighted by Crippen LogP contribution is 2.41. The van der Waals surface area contributed by atoms with Crippen LogP contribution < -0.4 is 0 Å². The van der Waals surface area contributed by atoms with Gasteiger partial charge in [0, 0.05) is 26.4 Å². The summed E-state index contributed by atoms with van der Waals surface area (Å²) < 4.78 is 20.4. The molecule has 0 aliphatic carbocycles. The number of hydrogen-bond acceptors (Lipinski definition) is 7. The molecule has 0 unspecified atom stereocenters. The van der Waals surface area contributed by atoms with Crippen LogP contribution in [0.25, 0.3) is 0 Å². The van der Waals surface area contributed by atoms with Crippen molar-refractivity contribution in [2.75, 3.05) is 14.2 Å². The predicted octanol–water partition coefficient (Wildman–Crippen LogP) is 0.838. The number of ether oxygens (including phenoxy) is 4. The molecule has 0 aromatic rings. The van der Waals surface area contributed by atoms with E-state index < -0.39 is 41.1 Å². The summed E-state index contributed by atoms with van der Waals surface area (Å²) in [5.41, 5.74) is -2.98.